The number of likely N-dealkylation sites (tertiary alicyclic amines) is 1. The molecule has 5 nitrogen and oxygen atoms in total. The van der Waals surface area contributed by atoms with Crippen LogP contribution in [-0.4, -0.2) is 48.0 Å². The first-order valence-electron chi connectivity index (χ1n) is 11.2. The Morgan fingerprint density at radius 2 is 1.78 bits per heavy atom. The van der Waals surface area contributed by atoms with Gasteiger partial charge in [-0.1, -0.05) is 30.3 Å². The first-order valence-corrected chi connectivity index (χ1v) is 11.2. The van der Waals surface area contributed by atoms with E-state index in [4.69, 9.17) is 0 Å². The van der Waals surface area contributed by atoms with E-state index in [9.17, 15) is 18.0 Å². The molecule has 1 N–H and O–H groups in total. The highest BCUT2D eigenvalue weighted by Crippen LogP contribution is 2.30. The number of nitrogens with one attached hydrogen (secondary N) is 1. The van der Waals surface area contributed by atoms with Crippen LogP contribution in [0.3, 0.4) is 0 Å². The van der Waals surface area contributed by atoms with Gasteiger partial charge in [-0.15, -0.1) is 0 Å². The lowest BCUT2D eigenvalue weighted by Gasteiger charge is -2.36. The topological polar surface area (TPSA) is 48.5 Å². The van der Waals surface area contributed by atoms with E-state index >= 15 is 0 Å². The predicted octanol–water partition coefficient (Wildman–Crippen LogP) is 4.10. The number of alkyl halides is 3. The number of halogens is 3. The molecule has 8 heteroatoms. The van der Waals surface area contributed by atoms with Crippen LogP contribution in [0.1, 0.15) is 36.8 Å². The van der Waals surface area contributed by atoms with Gasteiger partial charge in [0, 0.05) is 38.4 Å². The van der Waals surface area contributed by atoms with Crippen LogP contribution >= 0.6 is 0 Å². The number of piperidine rings is 2. The SMILES string of the molecule is O=C(NC1CCN(c2ccc(C(F)(F)F)cn2)CC1)C1CCCN(Cc2ccccc2)C1. The largest absolute Gasteiger partial charge is 0.417 e. The molecule has 1 atom stereocenters. The molecule has 1 aromatic carbocycles. The molecule has 0 radical (unpaired) electrons. The maximum absolute atomic E-state index is 12.9. The van der Waals surface area contributed by atoms with Gasteiger partial charge in [-0.05, 0) is 49.9 Å². The van der Waals surface area contributed by atoms with E-state index < -0.39 is 11.7 Å². The number of pyridine rings is 1. The molecular weight excluding hydrogens is 417 g/mol. The minimum atomic E-state index is -4.38. The monoisotopic (exact) mass is 446 g/mol. The van der Waals surface area contributed by atoms with Crippen molar-refractivity contribution in [1.82, 2.24) is 15.2 Å². The zero-order valence-electron chi connectivity index (χ0n) is 18.0. The molecule has 0 saturated carbocycles. The smallest absolute Gasteiger partial charge is 0.356 e. The van der Waals surface area contributed by atoms with Crippen LogP contribution in [0.15, 0.2) is 48.7 Å². The highest BCUT2D eigenvalue weighted by Gasteiger charge is 2.32. The number of hydrogen-bond donors (Lipinski definition) is 1. The number of carbonyl (C=O) groups is 1. The predicted molar refractivity (Wildman–Crippen MR) is 117 cm³/mol. The van der Waals surface area contributed by atoms with Crippen molar-refractivity contribution >= 4 is 11.7 Å². The molecular formula is C24H29F3N4O. The second-order valence-electron chi connectivity index (χ2n) is 8.73. The molecule has 0 bridgehead atoms. The minimum absolute atomic E-state index is 0.00192. The fourth-order valence-corrected chi connectivity index (χ4v) is 4.57. The molecule has 1 unspecified atom stereocenters. The summed E-state index contributed by atoms with van der Waals surface area (Å²) in [7, 11) is 0. The number of amides is 1. The Morgan fingerprint density at radius 1 is 1.03 bits per heavy atom. The summed E-state index contributed by atoms with van der Waals surface area (Å²) < 4.78 is 38.2. The molecule has 3 heterocycles. The number of carbonyl (C=O) groups excluding carboxylic acids is 1. The lowest BCUT2D eigenvalue weighted by atomic mass is 9.95. The van der Waals surface area contributed by atoms with Crippen LogP contribution < -0.4 is 10.2 Å². The first kappa shape index (κ1) is 22.6. The summed E-state index contributed by atoms with van der Waals surface area (Å²) in [6, 6.07) is 12.9. The Balaban J connectivity index is 1.24. The minimum Gasteiger partial charge on any atom is -0.356 e. The van der Waals surface area contributed by atoms with Crippen molar-refractivity contribution in [2.75, 3.05) is 31.1 Å². The van der Waals surface area contributed by atoms with Crippen LogP contribution in [0.4, 0.5) is 19.0 Å². The summed E-state index contributed by atoms with van der Waals surface area (Å²) in [4.78, 5) is 21.2. The molecule has 2 aromatic rings. The van der Waals surface area contributed by atoms with Crippen molar-refractivity contribution < 1.29 is 18.0 Å². The summed E-state index contributed by atoms with van der Waals surface area (Å²) in [6.45, 7) is 3.97. The summed E-state index contributed by atoms with van der Waals surface area (Å²) in [5.41, 5.74) is 0.523. The number of nitrogens with zero attached hydrogens (tertiary/aromatic N) is 3. The van der Waals surface area contributed by atoms with Crippen molar-refractivity contribution in [3.05, 3.63) is 59.8 Å². The zero-order chi connectivity index (χ0) is 22.6. The average Bonchev–Trinajstić information content (AvgIpc) is 2.80. The van der Waals surface area contributed by atoms with E-state index in [1.807, 2.05) is 23.1 Å². The Kier molecular flexibility index (Phi) is 6.98. The third-order valence-electron chi connectivity index (χ3n) is 6.37. The van der Waals surface area contributed by atoms with E-state index in [2.05, 4.69) is 27.3 Å². The van der Waals surface area contributed by atoms with Crippen LogP contribution in [-0.2, 0) is 17.5 Å². The van der Waals surface area contributed by atoms with Gasteiger partial charge in [0.05, 0.1) is 11.5 Å². The summed E-state index contributed by atoms with van der Waals surface area (Å²) >= 11 is 0. The van der Waals surface area contributed by atoms with Gasteiger partial charge in [0.2, 0.25) is 5.91 Å². The first-order chi connectivity index (χ1) is 15.4. The fraction of sp³-hybridized carbons (Fsp3) is 0.500. The van der Waals surface area contributed by atoms with Crippen LogP contribution in [0, 0.1) is 5.92 Å². The maximum Gasteiger partial charge on any atom is 0.417 e. The van der Waals surface area contributed by atoms with E-state index in [1.165, 1.54) is 11.6 Å². The zero-order valence-corrected chi connectivity index (χ0v) is 18.0. The van der Waals surface area contributed by atoms with Gasteiger partial charge in [0.1, 0.15) is 5.82 Å². The highest BCUT2D eigenvalue weighted by molar-refractivity contribution is 5.79. The molecule has 0 aliphatic carbocycles. The molecule has 2 saturated heterocycles. The van der Waals surface area contributed by atoms with Gasteiger partial charge in [-0.2, -0.15) is 13.2 Å². The van der Waals surface area contributed by atoms with Gasteiger partial charge in [0.15, 0.2) is 0 Å². The van der Waals surface area contributed by atoms with Crippen molar-refractivity contribution in [2.45, 2.75) is 44.4 Å². The average molecular weight is 447 g/mol. The van der Waals surface area contributed by atoms with Gasteiger partial charge >= 0.3 is 6.18 Å². The number of hydrogen-bond acceptors (Lipinski definition) is 4. The van der Waals surface area contributed by atoms with E-state index in [0.29, 0.717) is 18.9 Å². The normalized spacial score (nSPS) is 20.8. The number of rotatable bonds is 5. The molecule has 172 valence electrons. The standard InChI is InChI=1S/C24H29F3N4O/c25-24(26,27)20-8-9-22(28-15-20)31-13-10-21(11-14-31)29-23(32)19-7-4-12-30(17-19)16-18-5-2-1-3-6-18/h1-3,5-6,8-9,15,19,21H,4,7,10-14,16-17H2,(H,29,32). The fourth-order valence-electron chi connectivity index (χ4n) is 4.57. The lowest BCUT2D eigenvalue weighted by molar-refractivity contribution is -0.137. The highest BCUT2D eigenvalue weighted by atomic mass is 19.4. The molecule has 4 rings (SSSR count). The molecule has 0 spiro atoms. The third kappa shape index (κ3) is 5.79. The Bertz CT molecular complexity index is 880. The molecule has 1 aromatic heterocycles. The van der Waals surface area contributed by atoms with Crippen molar-refractivity contribution in [2.24, 2.45) is 5.92 Å². The van der Waals surface area contributed by atoms with E-state index in [0.717, 1.165) is 57.6 Å². The van der Waals surface area contributed by atoms with E-state index in [1.54, 1.807) is 0 Å². The van der Waals surface area contributed by atoms with Crippen LogP contribution in [0.25, 0.3) is 0 Å². The molecule has 1 amide bonds. The Morgan fingerprint density at radius 3 is 2.44 bits per heavy atom. The van der Waals surface area contributed by atoms with Gasteiger partial charge in [-0.25, -0.2) is 4.98 Å². The Hall–Kier alpha value is -2.61. The van der Waals surface area contributed by atoms with Gasteiger partial charge in [0.25, 0.3) is 0 Å². The van der Waals surface area contributed by atoms with Crippen LogP contribution in [0.2, 0.25) is 0 Å². The number of anilines is 1. The third-order valence-corrected chi connectivity index (χ3v) is 6.37. The second-order valence-corrected chi connectivity index (χ2v) is 8.73. The molecule has 32 heavy (non-hydrogen) atoms. The molecule has 2 aliphatic heterocycles. The number of benzene rings is 1. The summed E-state index contributed by atoms with van der Waals surface area (Å²) in [5, 5.41) is 3.21. The van der Waals surface area contributed by atoms with Crippen molar-refractivity contribution in [3.8, 4) is 0 Å². The summed E-state index contributed by atoms with van der Waals surface area (Å²) in [5.74, 6) is 0.669. The van der Waals surface area contributed by atoms with Gasteiger partial charge in [-0.3, -0.25) is 9.69 Å². The summed E-state index contributed by atoms with van der Waals surface area (Å²) in [6.07, 6.45) is -0.0513. The quantitative estimate of drug-likeness (QED) is 0.752. The van der Waals surface area contributed by atoms with Gasteiger partial charge < -0.3 is 10.2 Å². The second kappa shape index (κ2) is 9.90. The van der Waals surface area contributed by atoms with Crippen molar-refractivity contribution in [1.29, 1.82) is 0 Å². The Labute approximate surface area is 186 Å². The number of aromatic nitrogens is 1. The molecule has 2 aliphatic rings. The van der Waals surface area contributed by atoms with Crippen LogP contribution in [0.5, 0.6) is 0 Å². The van der Waals surface area contributed by atoms with Crippen molar-refractivity contribution in [3.63, 3.8) is 0 Å². The van der Waals surface area contributed by atoms with E-state index in [-0.39, 0.29) is 17.9 Å². The lowest BCUT2D eigenvalue weighted by Crippen LogP contribution is -2.49. The molecule has 2 fully saturated rings. The maximum atomic E-state index is 12.9.